The van der Waals surface area contributed by atoms with E-state index >= 15 is 0 Å². The molecule has 9 heteroatoms. The second-order valence-electron chi connectivity index (χ2n) is 7.49. The van der Waals surface area contributed by atoms with Gasteiger partial charge in [0.1, 0.15) is 23.3 Å². The number of hydrogen-bond donors (Lipinski definition) is 2. The van der Waals surface area contributed by atoms with Crippen molar-refractivity contribution in [2.75, 3.05) is 16.8 Å². The van der Waals surface area contributed by atoms with E-state index in [0.717, 1.165) is 0 Å². The fraction of sp³-hybridized carbons (Fsp3) is 0.160. The van der Waals surface area contributed by atoms with Gasteiger partial charge in [0.05, 0.1) is 23.5 Å². The van der Waals surface area contributed by atoms with Crippen LogP contribution in [0.5, 0.6) is 5.75 Å². The summed E-state index contributed by atoms with van der Waals surface area (Å²) in [5.41, 5.74) is 0.900. The first-order valence-electron chi connectivity index (χ1n) is 10.5. The molecule has 1 atom stereocenters. The van der Waals surface area contributed by atoms with Crippen LogP contribution in [0.2, 0.25) is 5.02 Å². The Morgan fingerprint density at radius 1 is 1.18 bits per heavy atom. The monoisotopic (exact) mass is 480 g/mol. The van der Waals surface area contributed by atoms with Gasteiger partial charge in [-0.05, 0) is 61.5 Å². The number of aliphatic hydroxyl groups excluding tert-OH is 1. The predicted octanol–water partition coefficient (Wildman–Crippen LogP) is 4.92. The van der Waals surface area contributed by atoms with Gasteiger partial charge in [0.2, 0.25) is 5.91 Å². The number of carbonyl (C=O) groups excluding carboxylic acids is 3. The number of furan rings is 1. The first-order chi connectivity index (χ1) is 16.3. The minimum atomic E-state index is -1.03. The SMILES string of the molecule is CCOc1ccc(Cl)c(/C(O)=C2/C(=O)C(=O)N(c3ccc(NC(C)=O)cc3)C2c2ccco2)c1. The van der Waals surface area contributed by atoms with Crippen LogP contribution in [0, 0.1) is 0 Å². The van der Waals surface area contributed by atoms with E-state index < -0.39 is 23.5 Å². The molecule has 2 amide bonds. The Balaban J connectivity index is 1.85. The molecule has 2 aromatic carbocycles. The lowest BCUT2D eigenvalue weighted by atomic mass is 9.99. The second kappa shape index (κ2) is 9.44. The molecule has 1 fully saturated rings. The van der Waals surface area contributed by atoms with E-state index in [-0.39, 0.29) is 27.8 Å². The first-order valence-corrected chi connectivity index (χ1v) is 10.8. The number of benzene rings is 2. The highest BCUT2D eigenvalue weighted by Gasteiger charge is 2.48. The Morgan fingerprint density at radius 2 is 1.91 bits per heavy atom. The van der Waals surface area contributed by atoms with E-state index in [1.165, 1.54) is 24.2 Å². The normalized spacial score (nSPS) is 17.1. The van der Waals surface area contributed by atoms with Crippen LogP contribution in [0.3, 0.4) is 0 Å². The molecular formula is C25H21ClN2O6. The number of amides is 2. The molecule has 8 nitrogen and oxygen atoms in total. The summed E-state index contributed by atoms with van der Waals surface area (Å²) in [6.45, 7) is 3.59. The van der Waals surface area contributed by atoms with E-state index in [4.69, 9.17) is 20.8 Å². The Labute approximate surface area is 200 Å². The van der Waals surface area contributed by atoms with Gasteiger partial charge in [0, 0.05) is 23.9 Å². The zero-order chi connectivity index (χ0) is 24.4. The summed E-state index contributed by atoms with van der Waals surface area (Å²) in [5.74, 6) is -1.68. The third kappa shape index (κ3) is 4.27. The topological polar surface area (TPSA) is 109 Å². The molecule has 34 heavy (non-hydrogen) atoms. The quantitative estimate of drug-likeness (QED) is 0.294. The van der Waals surface area contributed by atoms with E-state index in [2.05, 4.69) is 5.32 Å². The molecule has 4 rings (SSSR count). The molecule has 0 radical (unpaired) electrons. The third-order valence-electron chi connectivity index (χ3n) is 5.23. The van der Waals surface area contributed by atoms with Crippen LogP contribution in [-0.2, 0) is 14.4 Å². The Morgan fingerprint density at radius 3 is 2.53 bits per heavy atom. The summed E-state index contributed by atoms with van der Waals surface area (Å²) in [4.78, 5) is 38.9. The Kier molecular flexibility index (Phi) is 6.43. The van der Waals surface area contributed by atoms with Crippen LogP contribution < -0.4 is 15.0 Å². The van der Waals surface area contributed by atoms with E-state index in [1.54, 1.807) is 48.5 Å². The van der Waals surface area contributed by atoms with Gasteiger partial charge in [-0.3, -0.25) is 19.3 Å². The van der Waals surface area contributed by atoms with E-state index in [1.807, 2.05) is 6.92 Å². The van der Waals surface area contributed by atoms with E-state index in [0.29, 0.717) is 23.7 Å². The lowest BCUT2D eigenvalue weighted by Gasteiger charge is -2.23. The van der Waals surface area contributed by atoms with Crippen molar-refractivity contribution in [2.24, 2.45) is 0 Å². The molecule has 1 unspecified atom stereocenters. The van der Waals surface area contributed by atoms with Gasteiger partial charge in [-0.25, -0.2) is 0 Å². The second-order valence-corrected chi connectivity index (χ2v) is 7.89. The number of Topliss-reactive ketones (excluding diaryl/α,β-unsaturated/α-hetero) is 1. The molecule has 0 bridgehead atoms. The van der Waals surface area contributed by atoms with Crippen molar-refractivity contribution in [1.82, 2.24) is 0 Å². The molecule has 0 aliphatic carbocycles. The van der Waals surface area contributed by atoms with Crippen LogP contribution in [0.4, 0.5) is 11.4 Å². The van der Waals surface area contributed by atoms with Gasteiger partial charge >= 0.3 is 0 Å². The number of hydrogen-bond acceptors (Lipinski definition) is 6. The molecule has 0 saturated carbocycles. The molecule has 3 aromatic rings. The molecule has 2 heterocycles. The van der Waals surface area contributed by atoms with Gasteiger partial charge in [0.15, 0.2) is 0 Å². The minimum absolute atomic E-state index is 0.156. The number of ether oxygens (including phenoxy) is 1. The maximum atomic E-state index is 13.2. The van der Waals surface area contributed by atoms with Crippen LogP contribution in [0.1, 0.15) is 31.2 Å². The summed E-state index contributed by atoms with van der Waals surface area (Å²) in [7, 11) is 0. The number of halogens is 1. The number of carbonyl (C=O) groups is 3. The number of nitrogens with zero attached hydrogens (tertiary/aromatic N) is 1. The van der Waals surface area contributed by atoms with Crippen molar-refractivity contribution >= 4 is 46.3 Å². The zero-order valence-corrected chi connectivity index (χ0v) is 19.1. The third-order valence-corrected chi connectivity index (χ3v) is 5.56. The van der Waals surface area contributed by atoms with Crippen LogP contribution in [0.25, 0.3) is 5.76 Å². The molecule has 1 aliphatic heterocycles. The van der Waals surface area contributed by atoms with Gasteiger partial charge in [-0.15, -0.1) is 0 Å². The van der Waals surface area contributed by atoms with Gasteiger partial charge < -0.3 is 19.6 Å². The van der Waals surface area contributed by atoms with Crippen molar-refractivity contribution in [3.05, 3.63) is 82.8 Å². The molecule has 1 saturated heterocycles. The van der Waals surface area contributed by atoms with E-state index in [9.17, 15) is 19.5 Å². The molecule has 2 N–H and O–H groups in total. The standard InChI is InChI=1S/C25H21ClN2O6/c1-3-33-17-10-11-19(26)18(13-17)23(30)21-22(20-5-4-12-34-20)28(25(32)24(21)31)16-8-6-15(7-9-16)27-14(2)29/h4-13,22,30H,3H2,1-2H3,(H,27,29)/b23-21-. The first kappa shape index (κ1) is 23.1. The van der Waals surface area contributed by atoms with Crippen molar-refractivity contribution in [3.63, 3.8) is 0 Å². The fourth-order valence-electron chi connectivity index (χ4n) is 3.81. The molecule has 1 aromatic heterocycles. The van der Waals surface area contributed by atoms with Crippen molar-refractivity contribution < 1.29 is 28.6 Å². The van der Waals surface area contributed by atoms with Crippen LogP contribution in [0.15, 0.2) is 70.9 Å². The van der Waals surface area contributed by atoms with Gasteiger partial charge in [0.25, 0.3) is 11.7 Å². The average Bonchev–Trinajstić information content (AvgIpc) is 3.42. The number of ketones is 1. The summed E-state index contributed by atoms with van der Waals surface area (Å²) in [6.07, 6.45) is 1.41. The maximum absolute atomic E-state index is 13.2. The molecule has 1 aliphatic rings. The average molecular weight is 481 g/mol. The summed E-state index contributed by atoms with van der Waals surface area (Å²) < 4.78 is 11.0. The molecular weight excluding hydrogens is 460 g/mol. The summed E-state index contributed by atoms with van der Waals surface area (Å²) in [6, 6.07) is 13.3. The number of aliphatic hydroxyl groups is 1. The lowest BCUT2D eigenvalue weighted by Crippen LogP contribution is -2.29. The largest absolute Gasteiger partial charge is 0.507 e. The molecule has 174 valence electrons. The fourth-order valence-corrected chi connectivity index (χ4v) is 4.02. The van der Waals surface area contributed by atoms with Crippen molar-refractivity contribution in [3.8, 4) is 5.75 Å². The number of nitrogens with one attached hydrogen (secondary N) is 1. The maximum Gasteiger partial charge on any atom is 0.300 e. The Hall–Kier alpha value is -4.04. The highest BCUT2D eigenvalue weighted by molar-refractivity contribution is 6.52. The summed E-state index contributed by atoms with van der Waals surface area (Å²) in [5, 5.41) is 14.0. The summed E-state index contributed by atoms with van der Waals surface area (Å²) >= 11 is 6.32. The highest BCUT2D eigenvalue weighted by atomic mass is 35.5. The number of rotatable bonds is 6. The zero-order valence-electron chi connectivity index (χ0n) is 18.4. The predicted molar refractivity (Wildman–Crippen MR) is 127 cm³/mol. The van der Waals surface area contributed by atoms with Crippen molar-refractivity contribution in [1.29, 1.82) is 0 Å². The molecule has 0 spiro atoms. The lowest BCUT2D eigenvalue weighted by molar-refractivity contribution is -0.132. The minimum Gasteiger partial charge on any atom is -0.507 e. The van der Waals surface area contributed by atoms with Gasteiger partial charge in [-0.2, -0.15) is 0 Å². The van der Waals surface area contributed by atoms with Crippen LogP contribution >= 0.6 is 11.6 Å². The van der Waals surface area contributed by atoms with Gasteiger partial charge in [-0.1, -0.05) is 11.6 Å². The Bertz CT molecular complexity index is 1280. The van der Waals surface area contributed by atoms with Crippen LogP contribution in [-0.4, -0.2) is 29.3 Å². The van der Waals surface area contributed by atoms with Crippen molar-refractivity contribution in [2.45, 2.75) is 19.9 Å². The number of anilines is 2. The smallest absolute Gasteiger partial charge is 0.300 e. The highest BCUT2D eigenvalue weighted by Crippen LogP contribution is 2.43.